The zero-order chi connectivity index (χ0) is 15.6. The van der Waals surface area contributed by atoms with Crippen LogP contribution in [0.2, 0.25) is 5.15 Å². The third-order valence-corrected chi connectivity index (χ3v) is 4.09. The molecular formula is C14H14ClF3N2S. The summed E-state index contributed by atoms with van der Waals surface area (Å²) < 4.78 is 38.4. The van der Waals surface area contributed by atoms with Crippen molar-refractivity contribution in [1.82, 2.24) is 4.98 Å². The van der Waals surface area contributed by atoms with Crippen molar-refractivity contribution >= 4 is 28.8 Å². The first kappa shape index (κ1) is 16.1. The van der Waals surface area contributed by atoms with E-state index in [9.17, 15) is 13.2 Å². The maximum Gasteiger partial charge on any atom is 0.416 e. The van der Waals surface area contributed by atoms with Gasteiger partial charge in [0.15, 0.2) is 0 Å². The number of rotatable bonds is 4. The molecular weight excluding hydrogens is 321 g/mol. The van der Waals surface area contributed by atoms with Gasteiger partial charge >= 0.3 is 6.18 Å². The predicted molar refractivity (Wildman–Crippen MR) is 79.8 cm³/mol. The van der Waals surface area contributed by atoms with Crippen molar-refractivity contribution < 1.29 is 13.2 Å². The average molecular weight is 335 g/mol. The highest BCUT2D eigenvalue weighted by molar-refractivity contribution is 7.10. The van der Waals surface area contributed by atoms with E-state index in [1.54, 1.807) is 11.3 Å². The van der Waals surface area contributed by atoms with Gasteiger partial charge in [-0.15, -0.1) is 11.3 Å². The summed E-state index contributed by atoms with van der Waals surface area (Å²) in [6, 6.07) is 5.54. The Balaban J connectivity index is 2.31. The summed E-state index contributed by atoms with van der Waals surface area (Å²) in [6.45, 7) is 3.99. The number of thiophene rings is 1. The van der Waals surface area contributed by atoms with Gasteiger partial charge in [0.2, 0.25) is 0 Å². The molecule has 1 atom stereocenters. The molecule has 0 aliphatic heterocycles. The van der Waals surface area contributed by atoms with Crippen molar-refractivity contribution in [2.24, 2.45) is 5.92 Å². The summed E-state index contributed by atoms with van der Waals surface area (Å²) in [5.41, 5.74) is -0.807. The zero-order valence-corrected chi connectivity index (χ0v) is 13.0. The molecule has 0 amide bonds. The molecule has 2 aromatic rings. The molecule has 0 aliphatic carbocycles. The first-order valence-electron chi connectivity index (χ1n) is 6.32. The van der Waals surface area contributed by atoms with Crippen LogP contribution in [0.15, 0.2) is 29.6 Å². The third kappa shape index (κ3) is 4.11. The first-order valence-corrected chi connectivity index (χ1v) is 7.58. The van der Waals surface area contributed by atoms with Crippen LogP contribution in [0.3, 0.4) is 0 Å². The monoisotopic (exact) mass is 334 g/mol. The number of pyridine rings is 1. The third-order valence-electron chi connectivity index (χ3n) is 2.94. The Morgan fingerprint density at radius 3 is 2.52 bits per heavy atom. The normalized spacial score (nSPS) is 13.5. The van der Waals surface area contributed by atoms with Gasteiger partial charge in [0, 0.05) is 4.88 Å². The van der Waals surface area contributed by atoms with Crippen LogP contribution < -0.4 is 5.32 Å². The van der Waals surface area contributed by atoms with Gasteiger partial charge in [-0.3, -0.25) is 0 Å². The Morgan fingerprint density at radius 1 is 1.29 bits per heavy atom. The molecule has 0 saturated heterocycles. The van der Waals surface area contributed by atoms with Crippen molar-refractivity contribution in [2.75, 3.05) is 5.32 Å². The van der Waals surface area contributed by atoms with Gasteiger partial charge in [0.25, 0.3) is 0 Å². The summed E-state index contributed by atoms with van der Waals surface area (Å²) in [5.74, 6) is 0.320. The number of hydrogen-bond acceptors (Lipinski definition) is 3. The summed E-state index contributed by atoms with van der Waals surface area (Å²) >= 11 is 7.24. The Labute approximate surface area is 130 Å². The van der Waals surface area contributed by atoms with E-state index in [2.05, 4.69) is 10.3 Å². The molecule has 21 heavy (non-hydrogen) atoms. The number of nitrogens with zero attached hydrogens (tertiary/aromatic N) is 1. The number of hydrogen-bond donors (Lipinski definition) is 1. The molecule has 0 fully saturated rings. The first-order chi connectivity index (χ1) is 9.77. The standard InChI is InChI=1S/C14H14ClF3N2S/c1-8(2)13(10-4-3-5-21-10)20-12-7-9(14(16,17)18)6-11(15)19-12/h3-8,13H,1-2H3,(H,19,20). The van der Waals surface area contributed by atoms with Crippen molar-refractivity contribution in [3.8, 4) is 0 Å². The minimum Gasteiger partial charge on any atom is -0.362 e. The van der Waals surface area contributed by atoms with Crippen molar-refractivity contribution in [1.29, 1.82) is 0 Å². The fraction of sp³-hybridized carbons (Fsp3) is 0.357. The summed E-state index contributed by atoms with van der Waals surface area (Å²) in [4.78, 5) is 4.98. The van der Waals surface area contributed by atoms with E-state index in [4.69, 9.17) is 11.6 Å². The van der Waals surface area contributed by atoms with Crippen LogP contribution in [-0.2, 0) is 6.18 Å². The fourth-order valence-corrected chi connectivity index (χ4v) is 3.09. The molecule has 114 valence electrons. The predicted octanol–water partition coefficient (Wildman–Crippen LogP) is 5.62. The lowest BCUT2D eigenvalue weighted by atomic mass is 10.0. The van der Waals surface area contributed by atoms with Crippen LogP contribution in [0, 0.1) is 5.92 Å². The highest BCUT2D eigenvalue weighted by atomic mass is 35.5. The van der Waals surface area contributed by atoms with E-state index in [1.165, 1.54) is 0 Å². The maximum absolute atomic E-state index is 12.8. The van der Waals surface area contributed by atoms with E-state index in [-0.39, 0.29) is 22.9 Å². The van der Waals surface area contributed by atoms with Crippen LogP contribution in [-0.4, -0.2) is 4.98 Å². The van der Waals surface area contributed by atoms with Gasteiger partial charge in [-0.25, -0.2) is 4.98 Å². The van der Waals surface area contributed by atoms with E-state index < -0.39 is 11.7 Å². The Kier molecular flexibility index (Phi) is 4.78. The van der Waals surface area contributed by atoms with Gasteiger partial charge in [-0.1, -0.05) is 31.5 Å². The smallest absolute Gasteiger partial charge is 0.362 e. The quantitative estimate of drug-likeness (QED) is 0.733. The molecule has 2 aromatic heterocycles. The highest BCUT2D eigenvalue weighted by Gasteiger charge is 2.32. The van der Waals surface area contributed by atoms with Crippen LogP contribution >= 0.6 is 22.9 Å². The van der Waals surface area contributed by atoms with Gasteiger partial charge in [-0.2, -0.15) is 13.2 Å². The average Bonchev–Trinajstić information content (AvgIpc) is 2.87. The Morgan fingerprint density at radius 2 is 2.00 bits per heavy atom. The zero-order valence-electron chi connectivity index (χ0n) is 11.4. The molecule has 0 aromatic carbocycles. The molecule has 0 aliphatic rings. The number of aromatic nitrogens is 1. The topological polar surface area (TPSA) is 24.9 Å². The fourth-order valence-electron chi connectivity index (χ4n) is 1.93. The van der Waals surface area contributed by atoms with Gasteiger partial charge in [-0.05, 0) is 29.5 Å². The lowest BCUT2D eigenvalue weighted by molar-refractivity contribution is -0.137. The van der Waals surface area contributed by atoms with E-state index >= 15 is 0 Å². The Bertz CT molecular complexity index is 597. The number of alkyl halides is 3. The van der Waals surface area contributed by atoms with Crippen molar-refractivity contribution in [3.05, 3.63) is 45.2 Å². The lowest BCUT2D eigenvalue weighted by Crippen LogP contribution is -2.17. The van der Waals surface area contributed by atoms with E-state index in [0.29, 0.717) is 0 Å². The number of halogens is 4. The molecule has 0 radical (unpaired) electrons. The minimum absolute atomic E-state index is 0.114. The van der Waals surface area contributed by atoms with Gasteiger partial charge in [0.1, 0.15) is 11.0 Å². The molecule has 2 rings (SSSR count). The lowest BCUT2D eigenvalue weighted by Gasteiger charge is -2.22. The van der Waals surface area contributed by atoms with Crippen molar-refractivity contribution in [3.63, 3.8) is 0 Å². The van der Waals surface area contributed by atoms with Crippen LogP contribution in [0.4, 0.5) is 19.0 Å². The van der Waals surface area contributed by atoms with Gasteiger partial charge < -0.3 is 5.32 Å². The molecule has 1 unspecified atom stereocenters. The second-order valence-electron chi connectivity index (χ2n) is 4.94. The van der Waals surface area contributed by atoms with Crippen LogP contribution in [0.1, 0.15) is 30.3 Å². The van der Waals surface area contributed by atoms with Crippen LogP contribution in [0.25, 0.3) is 0 Å². The minimum atomic E-state index is -4.45. The number of nitrogens with one attached hydrogen (secondary N) is 1. The largest absolute Gasteiger partial charge is 0.416 e. The molecule has 2 nitrogen and oxygen atoms in total. The van der Waals surface area contributed by atoms with E-state index in [0.717, 1.165) is 17.0 Å². The molecule has 0 saturated carbocycles. The summed E-state index contributed by atoms with van der Waals surface area (Å²) in [7, 11) is 0. The van der Waals surface area contributed by atoms with Crippen LogP contribution in [0.5, 0.6) is 0 Å². The second kappa shape index (κ2) is 6.23. The highest BCUT2D eigenvalue weighted by Crippen LogP contribution is 2.34. The molecule has 2 heterocycles. The molecule has 0 spiro atoms. The molecule has 7 heteroatoms. The van der Waals surface area contributed by atoms with E-state index in [1.807, 2.05) is 31.4 Å². The SMILES string of the molecule is CC(C)C(Nc1cc(C(F)(F)F)cc(Cl)n1)c1cccs1. The second-order valence-corrected chi connectivity index (χ2v) is 6.31. The van der Waals surface area contributed by atoms with Crippen molar-refractivity contribution in [2.45, 2.75) is 26.1 Å². The molecule has 1 N–H and O–H groups in total. The van der Waals surface area contributed by atoms with Gasteiger partial charge in [0.05, 0.1) is 11.6 Å². The summed E-state index contributed by atoms with van der Waals surface area (Å²) in [5, 5.41) is 4.80. The Hall–Kier alpha value is -1.27. The summed E-state index contributed by atoms with van der Waals surface area (Å²) in [6.07, 6.45) is -4.45. The maximum atomic E-state index is 12.8. The molecule has 0 bridgehead atoms. The number of anilines is 1.